The van der Waals surface area contributed by atoms with E-state index in [9.17, 15) is 9.59 Å². The Bertz CT molecular complexity index is 1050. The lowest BCUT2D eigenvalue weighted by molar-refractivity contribution is -0.114. The van der Waals surface area contributed by atoms with Crippen molar-refractivity contribution in [2.24, 2.45) is 0 Å². The van der Waals surface area contributed by atoms with Gasteiger partial charge in [-0.2, -0.15) is 0 Å². The first-order valence-corrected chi connectivity index (χ1v) is 9.56. The van der Waals surface area contributed by atoms with Crippen molar-refractivity contribution >= 4 is 34.8 Å². The van der Waals surface area contributed by atoms with Crippen molar-refractivity contribution in [3.8, 4) is 11.5 Å². The highest BCUT2D eigenvalue weighted by Gasteiger charge is 2.12. The largest absolute Gasteiger partial charge is 0.496 e. The van der Waals surface area contributed by atoms with Gasteiger partial charge in [-0.05, 0) is 60.7 Å². The van der Waals surface area contributed by atoms with Crippen molar-refractivity contribution in [3.05, 3.63) is 82.9 Å². The number of hydrogen-bond acceptors (Lipinski definition) is 4. The molecule has 6 nitrogen and oxygen atoms in total. The zero-order valence-corrected chi connectivity index (χ0v) is 17.3. The van der Waals surface area contributed by atoms with E-state index in [0.717, 1.165) is 5.56 Å². The van der Waals surface area contributed by atoms with E-state index in [4.69, 9.17) is 21.1 Å². The van der Waals surface area contributed by atoms with Crippen LogP contribution in [0.25, 0.3) is 0 Å². The first-order chi connectivity index (χ1) is 14.4. The average molecular weight is 425 g/mol. The van der Waals surface area contributed by atoms with Gasteiger partial charge in [0.2, 0.25) is 5.91 Å². The number of amides is 2. The van der Waals surface area contributed by atoms with Crippen LogP contribution in [-0.4, -0.2) is 18.9 Å². The van der Waals surface area contributed by atoms with Crippen LogP contribution < -0.4 is 20.1 Å². The maximum atomic E-state index is 12.7. The lowest BCUT2D eigenvalue weighted by Crippen LogP contribution is -2.13. The molecular formula is C23H21ClN2O4. The molecule has 0 heterocycles. The Kier molecular flexibility index (Phi) is 6.93. The summed E-state index contributed by atoms with van der Waals surface area (Å²) in [4.78, 5) is 23.8. The Hall–Kier alpha value is -3.51. The number of halogens is 1. The summed E-state index contributed by atoms with van der Waals surface area (Å²) >= 11 is 5.99. The minimum Gasteiger partial charge on any atom is -0.496 e. The van der Waals surface area contributed by atoms with Crippen LogP contribution in [0.4, 0.5) is 11.4 Å². The smallest absolute Gasteiger partial charge is 0.255 e. The Morgan fingerprint density at radius 3 is 2.27 bits per heavy atom. The summed E-state index contributed by atoms with van der Waals surface area (Å²) in [6.45, 7) is 1.66. The second-order valence-corrected chi connectivity index (χ2v) is 6.92. The number of benzene rings is 3. The summed E-state index contributed by atoms with van der Waals surface area (Å²) in [5.74, 6) is 0.818. The molecule has 0 fully saturated rings. The van der Waals surface area contributed by atoms with E-state index in [1.165, 1.54) is 6.92 Å². The molecule has 3 aromatic carbocycles. The van der Waals surface area contributed by atoms with Gasteiger partial charge < -0.3 is 20.1 Å². The lowest BCUT2D eigenvalue weighted by Gasteiger charge is -2.13. The molecule has 0 bridgehead atoms. The number of anilines is 2. The van der Waals surface area contributed by atoms with Crippen LogP contribution in [0.5, 0.6) is 11.5 Å². The fourth-order valence-electron chi connectivity index (χ4n) is 2.79. The highest BCUT2D eigenvalue weighted by Crippen LogP contribution is 2.24. The van der Waals surface area contributed by atoms with Gasteiger partial charge in [0.05, 0.1) is 7.11 Å². The van der Waals surface area contributed by atoms with Gasteiger partial charge in [0.25, 0.3) is 5.91 Å². The van der Waals surface area contributed by atoms with Crippen LogP contribution in [0.3, 0.4) is 0 Å². The molecule has 2 amide bonds. The van der Waals surface area contributed by atoms with Crippen LogP contribution in [0.15, 0.2) is 66.7 Å². The number of carbonyl (C=O) groups is 2. The minimum atomic E-state index is -0.270. The van der Waals surface area contributed by atoms with Crippen molar-refractivity contribution in [2.45, 2.75) is 13.5 Å². The molecule has 2 N–H and O–H groups in total. The second-order valence-electron chi connectivity index (χ2n) is 6.49. The van der Waals surface area contributed by atoms with E-state index in [1.54, 1.807) is 73.8 Å². The Morgan fingerprint density at radius 2 is 1.63 bits per heavy atom. The van der Waals surface area contributed by atoms with Crippen LogP contribution in [0.2, 0.25) is 5.02 Å². The molecule has 0 saturated carbocycles. The summed E-state index contributed by atoms with van der Waals surface area (Å²) in [6, 6.07) is 19.1. The number of methoxy groups -OCH3 is 1. The predicted molar refractivity (Wildman–Crippen MR) is 117 cm³/mol. The Morgan fingerprint density at radius 1 is 0.933 bits per heavy atom. The molecular weight excluding hydrogens is 404 g/mol. The highest BCUT2D eigenvalue weighted by atomic mass is 35.5. The number of rotatable bonds is 7. The van der Waals surface area contributed by atoms with Crippen molar-refractivity contribution in [3.63, 3.8) is 0 Å². The van der Waals surface area contributed by atoms with Gasteiger partial charge in [-0.3, -0.25) is 9.59 Å². The molecule has 0 spiro atoms. The minimum absolute atomic E-state index is 0.155. The normalized spacial score (nSPS) is 10.2. The molecule has 0 aliphatic rings. The third-order valence-electron chi connectivity index (χ3n) is 4.20. The molecule has 3 rings (SSSR count). The third kappa shape index (κ3) is 5.75. The van der Waals surface area contributed by atoms with Crippen molar-refractivity contribution in [1.82, 2.24) is 0 Å². The number of nitrogens with one attached hydrogen (secondary N) is 2. The summed E-state index contributed by atoms with van der Waals surface area (Å²) in [7, 11) is 1.56. The zero-order chi connectivity index (χ0) is 21.5. The van der Waals surface area contributed by atoms with E-state index in [-0.39, 0.29) is 18.4 Å². The van der Waals surface area contributed by atoms with E-state index >= 15 is 0 Å². The van der Waals surface area contributed by atoms with Crippen LogP contribution in [-0.2, 0) is 11.4 Å². The Labute approximate surface area is 179 Å². The fourth-order valence-corrected chi connectivity index (χ4v) is 2.97. The van der Waals surface area contributed by atoms with Gasteiger partial charge >= 0.3 is 0 Å². The number of ether oxygens (including phenoxy) is 2. The predicted octanol–water partition coefficient (Wildman–Crippen LogP) is 5.14. The molecule has 154 valence electrons. The molecule has 0 saturated heterocycles. The van der Waals surface area contributed by atoms with Crippen LogP contribution in [0.1, 0.15) is 22.8 Å². The lowest BCUT2D eigenvalue weighted by atomic mass is 10.1. The molecule has 7 heteroatoms. The summed E-state index contributed by atoms with van der Waals surface area (Å²) < 4.78 is 11.2. The molecule has 0 atom stereocenters. The first kappa shape index (κ1) is 21.2. The SMILES string of the molecule is COc1ccc(C(=O)Nc2ccc(NC(C)=O)cc2)cc1COc1cccc(Cl)c1. The average Bonchev–Trinajstić information content (AvgIpc) is 2.73. The second kappa shape index (κ2) is 9.80. The summed E-state index contributed by atoms with van der Waals surface area (Å²) in [5.41, 5.74) is 2.46. The van der Waals surface area contributed by atoms with Crippen molar-refractivity contribution in [1.29, 1.82) is 0 Å². The molecule has 30 heavy (non-hydrogen) atoms. The zero-order valence-electron chi connectivity index (χ0n) is 16.6. The topological polar surface area (TPSA) is 76.7 Å². The summed E-state index contributed by atoms with van der Waals surface area (Å²) in [5, 5.41) is 6.10. The maximum absolute atomic E-state index is 12.7. The van der Waals surface area contributed by atoms with Gasteiger partial charge in [-0.25, -0.2) is 0 Å². The standard InChI is InChI=1S/C23H21ClN2O4/c1-15(27)25-19-7-9-20(10-8-19)26-23(28)16-6-11-22(29-2)17(12-16)14-30-21-5-3-4-18(24)13-21/h3-13H,14H2,1-2H3,(H,25,27)(H,26,28). The quantitative estimate of drug-likeness (QED) is 0.550. The van der Waals surface area contributed by atoms with E-state index in [1.807, 2.05) is 0 Å². The fraction of sp³-hybridized carbons (Fsp3) is 0.130. The number of hydrogen-bond donors (Lipinski definition) is 2. The molecule has 0 radical (unpaired) electrons. The summed E-state index contributed by atoms with van der Waals surface area (Å²) in [6.07, 6.45) is 0. The van der Waals surface area contributed by atoms with E-state index < -0.39 is 0 Å². The molecule has 3 aromatic rings. The molecule has 0 aromatic heterocycles. The monoisotopic (exact) mass is 424 g/mol. The van der Waals surface area contributed by atoms with Crippen LogP contribution >= 0.6 is 11.6 Å². The van der Waals surface area contributed by atoms with Crippen LogP contribution in [0, 0.1) is 0 Å². The highest BCUT2D eigenvalue weighted by molar-refractivity contribution is 6.30. The Balaban J connectivity index is 1.71. The van der Waals surface area contributed by atoms with Gasteiger partial charge in [-0.1, -0.05) is 17.7 Å². The van der Waals surface area contributed by atoms with Gasteiger partial charge in [0.15, 0.2) is 0 Å². The van der Waals surface area contributed by atoms with Gasteiger partial charge in [0, 0.05) is 34.4 Å². The molecule has 0 aliphatic heterocycles. The van der Waals surface area contributed by atoms with E-state index in [0.29, 0.717) is 33.5 Å². The third-order valence-corrected chi connectivity index (χ3v) is 4.43. The van der Waals surface area contributed by atoms with Gasteiger partial charge in [-0.15, -0.1) is 0 Å². The van der Waals surface area contributed by atoms with Crippen molar-refractivity contribution in [2.75, 3.05) is 17.7 Å². The van der Waals surface area contributed by atoms with E-state index in [2.05, 4.69) is 10.6 Å². The maximum Gasteiger partial charge on any atom is 0.255 e. The molecule has 0 unspecified atom stereocenters. The first-order valence-electron chi connectivity index (χ1n) is 9.19. The number of carbonyl (C=O) groups excluding carboxylic acids is 2. The van der Waals surface area contributed by atoms with Gasteiger partial charge in [0.1, 0.15) is 18.1 Å². The molecule has 0 aliphatic carbocycles. The van der Waals surface area contributed by atoms with Crippen molar-refractivity contribution < 1.29 is 19.1 Å².